The fraction of sp³-hybridized carbons (Fsp3) is 0.152. The van der Waals surface area contributed by atoms with Gasteiger partial charge < -0.3 is 14.8 Å². The number of ether oxygens (including phenoxy) is 2. The van der Waals surface area contributed by atoms with Crippen LogP contribution in [0.5, 0.6) is 11.5 Å². The molecule has 1 N–H and O–H groups in total. The smallest absolute Gasteiger partial charge is 0.266 e. The van der Waals surface area contributed by atoms with E-state index >= 15 is 0 Å². The molecule has 0 saturated heterocycles. The van der Waals surface area contributed by atoms with Gasteiger partial charge in [0, 0.05) is 22.7 Å². The molecule has 4 rings (SSSR count). The summed E-state index contributed by atoms with van der Waals surface area (Å²) in [5, 5.41) is 13.0. The molecule has 0 fully saturated rings. The van der Waals surface area contributed by atoms with E-state index in [0.29, 0.717) is 40.8 Å². The van der Waals surface area contributed by atoms with Crippen molar-refractivity contribution in [2.24, 2.45) is 0 Å². The summed E-state index contributed by atoms with van der Waals surface area (Å²) in [6.45, 7) is 4.57. The Morgan fingerprint density at radius 1 is 0.949 bits per heavy atom. The number of carbonyl (C=O) groups is 1. The SMILES string of the molecule is COc1cc(/C=C(\C#N)C(=O)Nc2ccc(OCc3ccccc3)cc2)cc(Cl)c1Cc1cc(C)cc(C)c1. The number of halogens is 1. The number of benzene rings is 4. The van der Waals surface area contributed by atoms with E-state index in [1.807, 2.05) is 36.4 Å². The van der Waals surface area contributed by atoms with Crippen LogP contribution in [0.1, 0.15) is 33.4 Å². The van der Waals surface area contributed by atoms with Crippen molar-refractivity contribution in [1.29, 1.82) is 5.26 Å². The number of nitriles is 1. The summed E-state index contributed by atoms with van der Waals surface area (Å²) in [5.74, 6) is 0.747. The number of amides is 1. The quantitative estimate of drug-likeness (QED) is 0.176. The number of hydrogen-bond donors (Lipinski definition) is 1. The summed E-state index contributed by atoms with van der Waals surface area (Å²) in [6.07, 6.45) is 2.10. The zero-order valence-corrected chi connectivity index (χ0v) is 22.9. The molecule has 39 heavy (non-hydrogen) atoms. The van der Waals surface area contributed by atoms with Crippen LogP contribution in [-0.4, -0.2) is 13.0 Å². The van der Waals surface area contributed by atoms with Crippen molar-refractivity contribution < 1.29 is 14.3 Å². The summed E-state index contributed by atoms with van der Waals surface area (Å²) < 4.78 is 11.4. The first-order valence-electron chi connectivity index (χ1n) is 12.5. The third kappa shape index (κ3) is 7.50. The van der Waals surface area contributed by atoms with Crippen LogP contribution < -0.4 is 14.8 Å². The van der Waals surface area contributed by atoms with Crippen molar-refractivity contribution in [2.75, 3.05) is 12.4 Å². The number of nitrogens with zero attached hydrogens (tertiary/aromatic N) is 1. The largest absolute Gasteiger partial charge is 0.496 e. The van der Waals surface area contributed by atoms with Crippen LogP contribution in [-0.2, 0) is 17.8 Å². The maximum absolute atomic E-state index is 12.9. The zero-order valence-electron chi connectivity index (χ0n) is 22.1. The molecule has 0 heterocycles. The number of rotatable bonds is 9. The van der Waals surface area contributed by atoms with E-state index in [4.69, 9.17) is 21.1 Å². The van der Waals surface area contributed by atoms with E-state index in [1.54, 1.807) is 43.5 Å². The Morgan fingerprint density at radius 3 is 2.28 bits per heavy atom. The molecule has 0 spiro atoms. The standard InChI is InChI=1S/C33H29ClN2O3/c1-22-13-23(2)15-25(14-22)17-30-31(34)18-26(19-32(30)38-3)16-27(20-35)33(37)36-28-9-11-29(12-10-28)39-21-24-7-5-4-6-8-24/h4-16,18-19H,17,21H2,1-3H3,(H,36,37)/b27-16+. The van der Waals surface area contributed by atoms with Gasteiger partial charge in [0.2, 0.25) is 0 Å². The third-order valence-corrected chi connectivity index (χ3v) is 6.43. The minimum absolute atomic E-state index is 0.0559. The van der Waals surface area contributed by atoms with Crippen molar-refractivity contribution in [2.45, 2.75) is 26.9 Å². The molecule has 1 amide bonds. The number of carbonyl (C=O) groups excluding carboxylic acids is 1. The van der Waals surface area contributed by atoms with Gasteiger partial charge in [0.1, 0.15) is 29.7 Å². The lowest BCUT2D eigenvalue weighted by molar-refractivity contribution is -0.112. The predicted molar refractivity (Wildman–Crippen MR) is 156 cm³/mol. The van der Waals surface area contributed by atoms with Gasteiger partial charge in [0.15, 0.2) is 0 Å². The molecule has 6 heteroatoms. The highest BCUT2D eigenvalue weighted by molar-refractivity contribution is 6.31. The highest BCUT2D eigenvalue weighted by Crippen LogP contribution is 2.32. The summed E-state index contributed by atoms with van der Waals surface area (Å²) in [5.41, 5.74) is 6.49. The van der Waals surface area contributed by atoms with Crippen LogP contribution >= 0.6 is 11.6 Å². The summed E-state index contributed by atoms with van der Waals surface area (Å²) in [6, 6.07) is 28.7. The Kier molecular flexibility index (Phi) is 9.04. The summed E-state index contributed by atoms with van der Waals surface area (Å²) >= 11 is 6.65. The van der Waals surface area contributed by atoms with Crippen molar-refractivity contribution in [3.05, 3.63) is 129 Å². The monoisotopic (exact) mass is 536 g/mol. The first kappa shape index (κ1) is 27.5. The van der Waals surface area contributed by atoms with E-state index in [2.05, 4.69) is 37.4 Å². The van der Waals surface area contributed by atoms with Gasteiger partial charge >= 0.3 is 0 Å². The van der Waals surface area contributed by atoms with Crippen molar-refractivity contribution in [1.82, 2.24) is 0 Å². The van der Waals surface area contributed by atoms with E-state index in [1.165, 1.54) is 17.2 Å². The molecule has 196 valence electrons. The first-order chi connectivity index (χ1) is 18.8. The second-order valence-electron chi connectivity index (χ2n) is 9.28. The lowest BCUT2D eigenvalue weighted by Crippen LogP contribution is -2.13. The van der Waals surface area contributed by atoms with Crippen LogP contribution in [0, 0.1) is 25.2 Å². The molecular weight excluding hydrogens is 508 g/mol. The molecule has 0 aliphatic carbocycles. The third-order valence-electron chi connectivity index (χ3n) is 6.10. The number of methoxy groups -OCH3 is 1. The number of nitrogens with one attached hydrogen (secondary N) is 1. The van der Waals surface area contributed by atoms with Crippen molar-refractivity contribution in [3.63, 3.8) is 0 Å². The molecular formula is C33H29ClN2O3. The van der Waals surface area contributed by atoms with Gasteiger partial charge in [0.25, 0.3) is 5.91 Å². The van der Waals surface area contributed by atoms with E-state index < -0.39 is 5.91 Å². The van der Waals surface area contributed by atoms with E-state index in [-0.39, 0.29) is 5.57 Å². The number of hydrogen-bond acceptors (Lipinski definition) is 4. The molecule has 0 saturated carbocycles. The highest BCUT2D eigenvalue weighted by Gasteiger charge is 2.14. The van der Waals surface area contributed by atoms with Crippen LogP contribution in [0.2, 0.25) is 5.02 Å². The van der Waals surface area contributed by atoms with Crippen LogP contribution in [0.3, 0.4) is 0 Å². The van der Waals surface area contributed by atoms with E-state index in [0.717, 1.165) is 16.7 Å². The fourth-order valence-corrected chi connectivity index (χ4v) is 4.62. The lowest BCUT2D eigenvalue weighted by Gasteiger charge is -2.13. The molecule has 5 nitrogen and oxygen atoms in total. The summed E-state index contributed by atoms with van der Waals surface area (Å²) in [7, 11) is 1.58. The van der Waals surface area contributed by atoms with Crippen LogP contribution in [0.25, 0.3) is 6.08 Å². The molecule has 4 aromatic rings. The van der Waals surface area contributed by atoms with Gasteiger partial charge in [-0.1, -0.05) is 71.3 Å². The normalized spacial score (nSPS) is 11.0. The van der Waals surface area contributed by atoms with Gasteiger partial charge in [-0.05, 0) is 73.0 Å². The van der Waals surface area contributed by atoms with Crippen molar-refractivity contribution in [3.8, 4) is 17.6 Å². The molecule has 0 aliphatic rings. The minimum atomic E-state index is -0.523. The molecule has 4 aromatic carbocycles. The topological polar surface area (TPSA) is 71.3 Å². The Bertz CT molecular complexity index is 1520. The van der Waals surface area contributed by atoms with Gasteiger partial charge in [0.05, 0.1) is 7.11 Å². The predicted octanol–water partition coefficient (Wildman–Crippen LogP) is 7.68. The van der Waals surface area contributed by atoms with E-state index in [9.17, 15) is 10.1 Å². The zero-order chi connectivity index (χ0) is 27.8. The fourth-order valence-electron chi connectivity index (χ4n) is 4.33. The molecule has 0 radical (unpaired) electrons. The molecule has 0 aliphatic heterocycles. The first-order valence-corrected chi connectivity index (χ1v) is 12.9. The van der Waals surface area contributed by atoms with Crippen LogP contribution in [0.15, 0.2) is 90.5 Å². The Balaban J connectivity index is 1.46. The molecule has 0 unspecified atom stereocenters. The Morgan fingerprint density at radius 2 is 1.64 bits per heavy atom. The number of aryl methyl sites for hydroxylation is 2. The summed E-state index contributed by atoms with van der Waals surface area (Å²) in [4.78, 5) is 12.9. The van der Waals surface area contributed by atoms with Gasteiger partial charge in [-0.15, -0.1) is 0 Å². The lowest BCUT2D eigenvalue weighted by atomic mass is 9.98. The highest BCUT2D eigenvalue weighted by atomic mass is 35.5. The number of anilines is 1. The van der Waals surface area contributed by atoms with Gasteiger partial charge in [-0.25, -0.2) is 0 Å². The minimum Gasteiger partial charge on any atom is -0.496 e. The maximum atomic E-state index is 12.9. The second kappa shape index (κ2) is 12.8. The average Bonchev–Trinajstić information content (AvgIpc) is 2.92. The second-order valence-corrected chi connectivity index (χ2v) is 9.69. The van der Waals surface area contributed by atoms with Gasteiger partial charge in [-0.2, -0.15) is 5.26 Å². The average molecular weight is 537 g/mol. The Labute approximate surface area is 234 Å². The molecule has 0 atom stereocenters. The molecule has 0 bridgehead atoms. The van der Waals surface area contributed by atoms with Crippen molar-refractivity contribution >= 4 is 29.3 Å². The van der Waals surface area contributed by atoms with Gasteiger partial charge in [-0.3, -0.25) is 4.79 Å². The molecule has 0 aromatic heterocycles. The maximum Gasteiger partial charge on any atom is 0.266 e. The van der Waals surface area contributed by atoms with Crippen LogP contribution in [0.4, 0.5) is 5.69 Å². The Hall–Kier alpha value is -4.53.